The van der Waals surface area contributed by atoms with E-state index in [2.05, 4.69) is 47.7 Å². The topological polar surface area (TPSA) is 70.7 Å². The van der Waals surface area contributed by atoms with E-state index < -0.39 is 0 Å². The van der Waals surface area contributed by atoms with Crippen LogP contribution in [0.15, 0.2) is 29.1 Å². The van der Waals surface area contributed by atoms with Gasteiger partial charge in [0, 0.05) is 44.2 Å². The first-order valence-corrected chi connectivity index (χ1v) is 9.36. The average molecular weight is 370 g/mol. The highest BCUT2D eigenvalue weighted by Crippen LogP contribution is 2.33. The standard InChI is InChI=1S/C20H26N4O3/c1-20(2,3)17-11-18(25)22-19(21-17)24-8-6-23(7-9-24)12-14-4-5-15-16(10-14)27-13-26-15/h4-5,10-11H,6-9,12-13H2,1-3H3,(H,21,22,25). The zero-order valence-corrected chi connectivity index (χ0v) is 16.1. The maximum atomic E-state index is 12.0. The van der Waals surface area contributed by atoms with Crippen LogP contribution in [0.2, 0.25) is 0 Å². The summed E-state index contributed by atoms with van der Waals surface area (Å²) in [6.45, 7) is 10.9. The molecule has 0 bridgehead atoms. The molecule has 0 radical (unpaired) electrons. The number of piperazine rings is 1. The summed E-state index contributed by atoms with van der Waals surface area (Å²) in [5, 5.41) is 0. The van der Waals surface area contributed by atoms with Crippen molar-refractivity contribution >= 4 is 5.95 Å². The Morgan fingerprint density at radius 3 is 2.56 bits per heavy atom. The molecule has 0 atom stereocenters. The molecule has 27 heavy (non-hydrogen) atoms. The summed E-state index contributed by atoms with van der Waals surface area (Å²) in [6, 6.07) is 7.71. The molecule has 0 saturated carbocycles. The third-order valence-electron chi connectivity index (χ3n) is 5.01. The molecule has 7 heteroatoms. The van der Waals surface area contributed by atoms with Gasteiger partial charge in [-0.15, -0.1) is 0 Å². The van der Waals surface area contributed by atoms with Gasteiger partial charge in [0.15, 0.2) is 11.5 Å². The molecule has 0 amide bonds. The fourth-order valence-electron chi connectivity index (χ4n) is 3.39. The number of benzene rings is 1. The molecule has 1 fully saturated rings. The van der Waals surface area contributed by atoms with Crippen molar-refractivity contribution in [3.8, 4) is 11.5 Å². The molecule has 0 spiro atoms. The molecule has 1 aromatic carbocycles. The van der Waals surface area contributed by atoms with Gasteiger partial charge in [-0.25, -0.2) is 4.98 Å². The Kier molecular flexibility index (Phi) is 4.55. The van der Waals surface area contributed by atoms with E-state index in [0.29, 0.717) is 12.7 Å². The van der Waals surface area contributed by atoms with Gasteiger partial charge in [0.05, 0.1) is 5.69 Å². The molecule has 3 heterocycles. The van der Waals surface area contributed by atoms with Crippen molar-refractivity contribution in [1.29, 1.82) is 0 Å². The van der Waals surface area contributed by atoms with Gasteiger partial charge < -0.3 is 14.4 Å². The number of rotatable bonds is 3. The van der Waals surface area contributed by atoms with Crippen LogP contribution < -0.4 is 19.9 Å². The normalized spacial score (nSPS) is 17.4. The number of H-pyrrole nitrogens is 1. The smallest absolute Gasteiger partial charge is 0.252 e. The lowest BCUT2D eigenvalue weighted by molar-refractivity contribution is 0.174. The molecular formula is C20H26N4O3. The highest BCUT2D eigenvalue weighted by molar-refractivity contribution is 5.44. The summed E-state index contributed by atoms with van der Waals surface area (Å²) >= 11 is 0. The van der Waals surface area contributed by atoms with E-state index in [9.17, 15) is 4.79 Å². The number of fused-ring (bicyclic) bond motifs is 1. The first-order chi connectivity index (χ1) is 12.9. The summed E-state index contributed by atoms with van der Waals surface area (Å²) in [7, 11) is 0. The fraction of sp³-hybridized carbons (Fsp3) is 0.500. The van der Waals surface area contributed by atoms with Crippen LogP contribution in [-0.4, -0.2) is 47.8 Å². The predicted molar refractivity (Wildman–Crippen MR) is 104 cm³/mol. The lowest BCUT2D eigenvalue weighted by atomic mass is 9.92. The molecule has 2 aliphatic rings. The number of aromatic amines is 1. The molecule has 7 nitrogen and oxygen atoms in total. The molecule has 1 aromatic heterocycles. The van der Waals surface area contributed by atoms with Crippen LogP contribution in [0, 0.1) is 0 Å². The quantitative estimate of drug-likeness (QED) is 0.892. The Morgan fingerprint density at radius 1 is 1.07 bits per heavy atom. The van der Waals surface area contributed by atoms with Gasteiger partial charge in [0.1, 0.15) is 0 Å². The Bertz CT molecular complexity index is 880. The van der Waals surface area contributed by atoms with Crippen LogP contribution in [0.1, 0.15) is 32.0 Å². The van der Waals surface area contributed by atoms with Crippen LogP contribution >= 0.6 is 0 Å². The first-order valence-electron chi connectivity index (χ1n) is 9.36. The minimum Gasteiger partial charge on any atom is -0.454 e. The second-order valence-electron chi connectivity index (χ2n) is 8.16. The first kappa shape index (κ1) is 17.9. The highest BCUT2D eigenvalue weighted by atomic mass is 16.7. The van der Waals surface area contributed by atoms with E-state index in [1.54, 1.807) is 6.07 Å². The summed E-state index contributed by atoms with van der Waals surface area (Å²) in [5.41, 5.74) is 1.80. The van der Waals surface area contributed by atoms with Crippen LogP contribution in [0.25, 0.3) is 0 Å². The van der Waals surface area contributed by atoms with Crippen LogP contribution in [0.3, 0.4) is 0 Å². The van der Waals surface area contributed by atoms with E-state index >= 15 is 0 Å². The van der Waals surface area contributed by atoms with Crippen molar-refractivity contribution in [3.05, 3.63) is 45.9 Å². The number of aromatic nitrogens is 2. The van der Waals surface area contributed by atoms with E-state index in [1.165, 1.54) is 5.56 Å². The van der Waals surface area contributed by atoms with Gasteiger partial charge in [-0.2, -0.15) is 0 Å². The minimum atomic E-state index is -0.149. The third-order valence-corrected chi connectivity index (χ3v) is 5.01. The van der Waals surface area contributed by atoms with Crippen LogP contribution in [-0.2, 0) is 12.0 Å². The second-order valence-corrected chi connectivity index (χ2v) is 8.16. The number of anilines is 1. The van der Waals surface area contributed by atoms with Crippen LogP contribution in [0.4, 0.5) is 5.95 Å². The molecule has 2 aliphatic heterocycles. The van der Waals surface area contributed by atoms with Gasteiger partial charge in [0.2, 0.25) is 12.7 Å². The number of hydrogen-bond acceptors (Lipinski definition) is 6. The molecule has 1 saturated heterocycles. The number of ether oxygens (including phenoxy) is 2. The molecule has 144 valence electrons. The summed E-state index contributed by atoms with van der Waals surface area (Å²) in [6.07, 6.45) is 0. The monoisotopic (exact) mass is 370 g/mol. The van der Waals surface area contributed by atoms with E-state index in [-0.39, 0.29) is 11.0 Å². The SMILES string of the molecule is CC(C)(C)c1cc(=O)[nH]c(N2CCN(Cc3ccc4c(c3)OCO4)CC2)n1. The van der Waals surface area contributed by atoms with Crippen molar-refractivity contribution in [2.45, 2.75) is 32.7 Å². The number of nitrogens with zero attached hydrogens (tertiary/aromatic N) is 3. The summed E-state index contributed by atoms with van der Waals surface area (Å²) in [5.74, 6) is 2.32. The third kappa shape index (κ3) is 3.93. The van der Waals surface area contributed by atoms with Crippen molar-refractivity contribution in [1.82, 2.24) is 14.9 Å². The Labute approximate surface area is 158 Å². The van der Waals surface area contributed by atoms with E-state index in [1.807, 2.05) is 6.07 Å². The average Bonchev–Trinajstić information content (AvgIpc) is 3.09. The molecule has 2 aromatic rings. The van der Waals surface area contributed by atoms with Crippen molar-refractivity contribution in [3.63, 3.8) is 0 Å². The Morgan fingerprint density at radius 2 is 1.81 bits per heavy atom. The predicted octanol–water partition coefficient (Wildman–Crippen LogP) is 2.12. The van der Waals surface area contributed by atoms with Gasteiger partial charge >= 0.3 is 0 Å². The molecule has 4 rings (SSSR count). The van der Waals surface area contributed by atoms with Crippen molar-refractivity contribution in [2.75, 3.05) is 37.9 Å². The van der Waals surface area contributed by atoms with E-state index in [0.717, 1.165) is 49.9 Å². The van der Waals surface area contributed by atoms with Crippen molar-refractivity contribution in [2.24, 2.45) is 0 Å². The zero-order valence-electron chi connectivity index (χ0n) is 16.1. The van der Waals surface area contributed by atoms with Gasteiger partial charge in [-0.1, -0.05) is 26.8 Å². The zero-order chi connectivity index (χ0) is 19.0. The summed E-state index contributed by atoms with van der Waals surface area (Å²) in [4.78, 5) is 24.2. The Hall–Kier alpha value is -2.54. The molecule has 1 N–H and O–H groups in total. The van der Waals surface area contributed by atoms with Gasteiger partial charge in [0.25, 0.3) is 5.56 Å². The Balaban J connectivity index is 1.40. The molecule has 0 unspecified atom stereocenters. The number of hydrogen-bond donors (Lipinski definition) is 1. The summed E-state index contributed by atoms with van der Waals surface area (Å²) < 4.78 is 10.8. The highest BCUT2D eigenvalue weighted by Gasteiger charge is 2.23. The van der Waals surface area contributed by atoms with Crippen LogP contribution in [0.5, 0.6) is 11.5 Å². The second kappa shape index (κ2) is 6.88. The molecule has 0 aliphatic carbocycles. The van der Waals surface area contributed by atoms with E-state index in [4.69, 9.17) is 14.5 Å². The largest absolute Gasteiger partial charge is 0.454 e. The van der Waals surface area contributed by atoms with Gasteiger partial charge in [-0.05, 0) is 17.7 Å². The maximum Gasteiger partial charge on any atom is 0.252 e. The molecular weight excluding hydrogens is 344 g/mol. The van der Waals surface area contributed by atoms with Crippen molar-refractivity contribution < 1.29 is 9.47 Å². The lowest BCUT2D eigenvalue weighted by Crippen LogP contribution is -2.47. The minimum absolute atomic E-state index is 0.0901. The van der Waals surface area contributed by atoms with Gasteiger partial charge in [-0.3, -0.25) is 14.7 Å². The fourth-order valence-corrected chi connectivity index (χ4v) is 3.39. The lowest BCUT2D eigenvalue weighted by Gasteiger charge is -2.35. The number of nitrogens with one attached hydrogen (secondary N) is 1. The maximum absolute atomic E-state index is 12.0.